The molecule has 0 aliphatic carbocycles. The summed E-state index contributed by atoms with van der Waals surface area (Å²) in [5, 5.41) is 0. The third-order valence-corrected chi connectivity index (χ3v) is 2.31. The lowest BCUT2D eigenvalue weighted by molar-refractivity contribution is -0.146. The van der Waals surface area contributed by atoms with Crippen molar-refractivity contribution in [3.63, 3.8) is 0 Å². The average Bonchev–Trinajstić information content (AvgIpc) is 2.77. The Balaban J connectivity index is 2.21. The lowest BCUT2D eigenvalue weighted by Crippen LogP contribution is -2.28. The van der Waals surface area contributed by atoms with Gasteiger partial charge in [0.15, 0.2) is 0 Å². The van der Waals surface area contributed by atoms with E-state index < -0.39 is 48.1 Å². The van der Waals surface area contributed by atoms with Crippen molar-refractivity contribution in [1.29, 1.82) is 0 Å². The topological polar surface area (TPSA) is 61.8 Å². The standard InChI is InChI=1S/C11H6F4O5/c12-5-1-2-7(6(3-5)11(13,14)15)19-9(16)8-4-18-10(17)20-8/h1-3,8H,4H2. The second-order valence-electron chi connectivity index (χ2n) is 3.73. The van der Waals surface area contributed by atoms with Crippen LogP contribution >= 0.6 is 0 Å². The number of halogens is 4. The van der Waals surface area contributed by atoms with Crippen molar-refractivity contribution >= 4 is 12.1 Å². The van der Waals surface area contributed by atoms with Crippen LogP contribution in [0.1, 0.15) is 5.56 Å². The van der Waals surface area contributed by atoms with Crippen LogP contribution in [0.5, 0.6) is 5.75 Å². The maximum atomic E-state index is 12.8. The summed E-state index contributed by atoms with van der Waals surface area (Å²) in [5.74, 6) is -3.26. The molecule has 1 aliphatic rings. The Labute approximate surface area is 109 Å². The zero-order valence-corrected chi connectivity index (χ0v) is 9.57. The predicted molar refractivity (Wildman–Crippen MR) is 53.3 cm³/mol. The third-order valence-electron chi connectivity index (χ3n) is 2.31. The first-order valence-electron chi connectivity index (χ1n) is 5.19. The minimum absolute atomic E-state index is 0.194. The molecule has 0 radical (unpaired) electrons. The molecule has 1 aliphatic heterocycles. The molecule has 0 N–H and O–H groups in total. The van der Waals surface area contributed by atoms with Crippen molar-refractivity contribution in [3.8, 4) is 5.75 Å². The van der Waals surface area contributed by atoms with Crippen LogP contribution in [-0.2, 0) is 20.4 Å². The molecule has 20 heavy (non-hydrogen) atoms. The van der Waals surface area contributed by atoms with Crippen molar-refractivity contribution in [2.24, 2.45) is 0 Å². The first kappa shape index (κ1) is 14.1. The summed E-state index contributed by atoms with van der Waals surface area (Å²) in [6, 6.07) is 1.56. The second kappa shape index (κ2) is 4.99. The van der Waals surface area contributed by atoms with E-state index in [1.165, 1.54) is 0 Å². The van der Waals surface area contributed by atoms with Crippen molar-refractivity contribution in [2.45, 2.75) is 12.3 Å². The van der Waals surface area contributed by atoms with Gasteiger partial charge in [-0.2, -0.15) is 13.2 Å². The van der Waals surface area contributed by atoms with Crippen LogP contribution in [0.3, 0.4) is 0 Å². The van der Waals surface area contributed by atoms with Gasteiger partial charge in [0.2, 0.25) is 6.10 Å². The van der Waals surface area contributed by atoms with Gasteiger partial charge in [0.05, 0.1) is 0 Å². The Kier molecular flexibility index (Phi) is 3.51. The van der Waals surface area contributed by atoms with E-state index in [0.717, 1.165) is 0 Å². The summed E-state index contributed by atoms with van der Waals surface area (Å²) in [7, 11) is 0. The number of carbonyl (C=O) groups is 2. The summed E-state index contributed by atoms with van der Waals surface area (Å²) in [5.41, 5.74) is -1.45. The Morgan fingerprint density at radius 1 is 1.35 bits per heavy atom. The number of rotatable bonds is 2. The van der Waals surface area contributed by atoms with E-state index in [0.29, 0.717) is 12.1 Å². The molecule has 1 unspecified atom stereocenters. The first-order chi connectivity index (χ1) is 9.27. The highest BCUT2D eigenvalue weighted by Crippen LogP contribution is 2.36. The summed E-state index contributed by atoms with van der Waals surface area (Å²) >= 11 is 0. The van der Waals surface area contributed by atoms with Crippen molar-refractivity contribution in [3.05, 3.63) is 29.6 Å². The minimum atomic E-state index is -4.90. The highest BCUT2D eigenvalue weighted by molar-refractivity contribution is 5.81. The van der Waals surface area contributed by atoms with Gasteiger partial charge in [0.1, 0.15) is 23.7 Å². The molecule has 1 aromatic rings. The van der Waals surface area contributed by atoms with Crippen LogP contribution in [0.2, 0.25) is 0 Å². The fourth-order valence-electron chi connectivity index (χ4n) is 1.43. The van der Waals surface area contributed by atoms with E-state index in [-0.39, 0.29) is 6.07 Å². The van der Waals surface area contributed by atoms with E-state index in [1.807, 2.05) is 0 Å². The lowest BCUT2D eigenvalue weighted by atomic mass is 10.2. The van der Waals surface area contributed by atoms with Crippen LogP contribution in [-0.4, -0.2) is 24.8 Å². The summed E-state index contributed by atoms with van der Waals surface area (Å²) < 4.78 is 63.9. The van der Waals surface area contributed by atoms with E-state index >= 15 is 0 Å². The normalized spacial score (nSPS) is 18.4. The average molecular weight is 294 g/mol. The van der Waals surface area contributed by atoms with Crippen LogP contribution in [0.25, 0.3) is 0 Å². The smallest absolute Gasteiger partial charge is 0.430 e. The predicted octanol–water partition coefficient (Wildman–Crippen LogP) is 2.29. The fourth-order valence-corrected chi connectivity index (χ4v) is 1.43. The maximum absolute atomic E-state index is 12.8. The monoisotopic (exact) mass is 294 g/mol. The van der Waals surface area contributed by atoms with Crippen LogP contribution in [0, 0.1) is 5.82 Å². The van der Waals surface area contributed by atoms with Gasteiger partial charge in [-0.15, -0.1) is 0 Å². The van der Waals surface area contributed by atoms with Crippen LogP contribution in [0.15, 0.2) is 18.2 Å². The maximum Gasteiger partial charge on any atom is 0.509 e. The van der Waals surface area contributed by atoms with Crippen LogP contribution in [0.4, 0.5) is 22.4 Å². The van der Waals surface area contributed by atoms with Crippen molar-refractivity contribution < 1.29 is 41.4 Å². The van der Waals surface area contributed by atoms with Crippen LogP contribution < -0.4 is 4.74 Å². The molecule has 0 spiro atoms. The number of esters is 1. The third kappa shape index (κ3) is 2.98. The Bertz CT molecular complexity index is 554. The number of hydrogen-bond acceptors (Lipinski definition) is 5. The van der Waals surface area contributed by atoms with Gasteiger partial charge in [-0.3, -0.25) is 0 Å². The Morgan fingerprint density at radius 2 is 2.05 bits per heavy atom. The molecular formula is C11H6F4O5. The van der Waals surface area contributed by atoms with Crippen molar-refractivity contribution in [1.82, 2.24) is 0 Å². The van der Waals surface area contributed by atoms with E-state index in [4.69, 9.17) is 0 Å². The molecule has 1 atom stereocenters. The number of carbonyl (C=O) groups excluding carboxylic acids is 2. The molecule has 1 fully saturated rings. The number of cyclic esters (lactones) is 2. The van der Waals surface area contributed by atoms with Gasteiger partial charge < -0.3 is 14.2 Å². The number of hydrogen-bond donors (Lipinski definition) is 0. The quantitative estimate of drug-likeness (QED) is 0.476. The summed E-state index contributed by atoms with van der Waals surface area (Å²) in [6.45, 7) is -0.458. The molecule has 1 saturated heterocycles. The molecule has 9 heteroatoms. The van der Waals surface area contributed by atoms with E-state index in [1.54, 1.807) is 0 Å². The van der Waals surface area contributed by atoms with Gasteiger partial charge in [0, 0.05) is 0 Å². The number of ether oxygens (including phenoxy) is 3. The molecule has 0 aromatic heterocycles. The second-order valence-corrected chi connectivity index (χ2v) is 3.73. The Hall–Kier alpha value is -2.32. The minimum Gasteiger partial charge on any atom is -0.430 e. The van der Waals surface area contributed by atoms with Gasteiger partial charge in [-0.05, 0) is 18.2 Å². The molecule has 0 saturated carbocycles. The lowest BCUT2D eigenvalue weighted by Gasteiger charge is -2.13. The first-order valence-corrected chi connectivity index (χ1v) is 5.19. The van der Waals surface area contributed by atoms with Gasteiger partial charge in [-0.1, -0.05) is 0 Å². The highest BCUT2D eigenvalue weighted by atomic mass is 19.4. The molecule has 1 aromatic carbocycles. The van der Waals surface area contributed by atoms with Crippen molar-refractivity contribution in [2.75, 3.05) is 6.61 Å². The Morgan fingerprint density at radius 3 is 2.60 bits per heavy atom. The molecule has 0 bridgehead atoms. The SMILES string of the molecule is O=C1OCC(C(=O)Oc2ccc(F)cc2C(F)(F)F)O1. The molecule has 1 heterocycles. The number of alkyl halides is 3. The highest BCUT2D eigenvalue weighted by Gasteiger charge is 2.38. The largest absolute Gasteiger partial charge is 0.509 e. The molecule has 5 nitrogen and oxygen atoms in total. The summed E-state index contributed by atoms with van der Waals surface area (Å²) in [4.78, 5) is 22.1. The zero-order valence-electron chi connectivity index (χ0n) is 9.57. The fraction of sp³-hybridized carbons (Fsp3) is 0.273. The molecule has 108 valence electrons. The number of benzene rings is 1. The van der Waals surface area contributed by atoms with E-state index in [2.05, 4.69) is 14.2 Å². The summed E-state index contributed by atoms with van der Waals surface area (Å²) in [6.07, 6.45) is -7.48. The van der Waals surface area contributed by atoms with E-state index in [9.17, 15) is 27.2 Å². The van der Waals surface area contributed by atoms with Gasteiger partial charge >= 0.3 is 18.3 Å². The molecule has 0 amide bonds. The zero-order chi connectivity index (χ0) is 14.9. The molecule has 2 rings (SSSR count). The van der Waals surface area contributed by atoms with Gasteiger partial charge in [0.25, 0.3) is 0 Å². The van der Waals surface area contributed by atoms with Gasteiger partial charge in [-0.25, -0.2) is 14.0 Å². The molecular weight excluding hydrogens is 288 g/mol.